The summed E-state index contributed by atoms with van der Waals surface area (Å²) in [5.41, 5.74) is 0.565. The Morgan fingerprint density at radius 1 is 1.20 bits per heavy atom. The molecule has 2 amide bonds. The van der Waals surface area contributed by atoms with Gasteiger partial charge >= 0.3 is 0 Å². The zero-order chi connectivity index (χ0) is 21.5. The number of anilines is 1. The summed E-state index contributed by atoms with van der Waals surface area (Å²) in [7, 11) is 0. The highest BCUT2D eigenvalue weighted by molar-refractivity contribution is 7.99. The van der Waals surface area contributed by atoms with Gasteiger partial charge in [0.05, 0.1) is 22.9 Å². The number of nitrogens with one attached hydrogen (secondary N) is 2. The fourth-order valence-corrected chi connectivity index (χ4v) is 4.70. The number of rotatable bonds is 8. The highest BCUT2D eigenvalue weighted by Crippen LogP contribution is 2.24. The van der Waals surface area contributed by atoms with Gasteiger partial charge in [0, 0.05) is 12.6 Å². The van der Waals surface area contributed by atoms with E-state index in [4.69, 9.17) is 11.6 Å². The van der Waals surface area contributed by atoms with E-state index in [0.717, 1.165) is 6.42 Å². The van der Waals surface area contributed by atoms with Crippen LogP contribution in [0.5, 0.6) is 0 Å². The molecule has 0 bridgehead atoms. The minimum absolute atomic E-state index is 0.0161. The highest BCUT2D eigenvalue weighted by atomic mass is 35.5. The molecular formula is C21H28ClN5O2S. The SMILES string of the molecule is CCn1c(CC(=O)Nc2ccccc2Cl)nnc1SCC(=O)NC1CCCCC1C. The van der Waals surface area contributed by atoms with Crippen LogP contribution < -0.4 is 10.6 Å². The first-order valence-electron chi connectivity index (χ1n) is 10.4. The number of carbonyl (C=O) groups excluding carboxylic acids is 2. The normalized spacial score (nSPS) is 18.8. The van der Waals surface area contributed by atoms with Crippen LogP contribution in [0.25, 0.3) is 0 Å². The van der Waals surface area contributed by atoms with Gasteiger partial charge < -0.3 is 15.2 Å². The van der Waals surface area contributed by atoms with Crippen molar-refractivity contribution in [3.8, 4) is 0 Å². The maximum atomic E-state index is 12.4. The molecule has 1 aliphatic rings. The van der Waals surface area contributed by atoms with E-state index in [2.05, 4.69) is 27.8 Å². The van der Waals surface area contributed by atoms with E-state index < -0.39 is 0 Å². The maximum absolute atomic E-state index is 12.4. The Kier molecular flexibility index (Phi) is 8.16. The molecule has 0 spiro atoms. The lowest BCUT2D eigenvalue weighted by atomic mass is 9.86. The Labute approximate surface area is 186 Å². The van der Waals surface area contributed by atoms with Crippen molar-refractivity contribution in [2.45, 2.75) is 63.7 Å². The third kappa shape index (κ3) is 5.98. The van der Waals surface area contributed by atoms with Gasteiger partial charge in [-0.1, -0.05) is 55.3 Å². The van der Waals surface area contributed by atoms with Crippen LogP contribution in [-0.4, -0.2) is 38.4 Å². The molecule has 1 aromatic heterocycles. The van der Waals surface area contributed by atoms with Crippen molar-refractivity contribution in [2.24, 2.45) is 5.92 Å². The van der Waals surface area contributed by atoms with Gasteiger partial charge in [0.1, 0.15) is 5.82 Å². The number of thioether (sulfide) groups is 1. The minimum atomic E-state index is -0.217. The van der Waals surface area contributed by atoms with Gasteiger partial charge in [-0.3, -0.25) is 9.59 Å². The molecule has 1 aromatic carbocycles. The van der Waals surface area contributed by atoms with E-state index >= 15 is 0 Å². The Bertz CT molecular complexity index is 888. The highest BCUT2D eigenvalue weighted by Gasteiger charge is 2.23. The molecule has 1 saturated carbocycles. The van der Waals surface area contributed by atoms with Crippen LogP contribution >= 0.6 is 23.4 Å². The van der Waals surface area contributed by atoms with Crippen LogP contribution in [0, 0.1) is 5.92 Å². The summed E-state index contributed by atoms with van der Waals surface area (Å²) in [5, 5.41) is 15.4. The van der Waals surface area contributed by atoms with Crippen molar-refractivity contribution in [1.82, 2.24) is 20.1 Å². The average molecular weight is 450 g/mol. The molecule has 0 aliphatic heterocycles. The zero-order valence-corrected chi connectivity index (χ0v) is 18.9. The summed E-state index contributed by atoms with van der Waals surface area (Å²) in [5.74, 6) is 1.17. The lowest BCUT2D eigenvalue weighted by molar-refractivity contribution is -0.120. The van der Waals surface area contributed by atoms with Crippen molar-refractivity contribution in [3.63, 3.8) is 0 Å². The molecule has 30 heavy (non-hydrogen) atoms. The molecule has 1 heterocycles. The predicted molar refractivity (Wildman–Crippen MR) is 120 cm³/mol. The Morgan fingerprint density at radius 2 is 1.97 bits per heavy atom. The number of carbonyl (C=O) groups is 2. The van der Waals surface area contributed by atoms with Crippen LogP contribution in [0.15, 0.2) is 29.4 Å². The Morgan fingerprint density at radius 3 is 2.70 bits per heavy atom. The Balaban J connectivity index is 1.55. The van der Waals surface area contributed by atoms with E-state index in [-0.39, 0.29) is 30.0 Å². The molecule has 0 saturated heterocycles. The number of para-hydroxylation sites is 1. The summed E-state index contributed by atoms with van der Waals surface area (Å²) < 4.78 is 1.87. The molecule has 2 N–H and O–H groups in total. The van der Waals surface area contributed by atoms with Gasteiger partial charge in [-0.05, 0) is 37.8 Å². The second kappa shape index (κ2) is 10.8. The van der Waals surface area contributed by atoms with Crippen LogP contribution in [0.4, 0.5) is 5.69 Å². The fraction of sp³-hybridized carbons (Fsp3) is 0.524. The standard InChI is InChI=1S/C21H28ClN5O2S/c1-3-27-18(12-19(28)24-17-11-7-5-9-15(17)22)25-26-21(27)30-13-20(29)23-16-10-6-4-8-14(16)2/h5,7,9,11,14,16H,3-4,6,8,10,12-13H2,1-2H3,(H,23,29)(H,24,28). The van der Waals surface area contributed by atoms with Crippen LogP contribution in [0.1, 0.15) is 45.4 Å². The average Bonchev–Trinajstić information content (AvgIpc) is 3.11. The number of halogens is 1. The number of hydrogen-bond donors (Lipinski definition) is 2. The first-order valence-corrected chi connectivity index (χ1v) is 11.7. The largest absolute Gasteiger partial charge is 0.352 e. The van der Waals surface area contributed by atoms with Gasteiger partial charge in [0.2, 0.25) is 11.8 Å². The second-order valence-electron chi connectivity index (χ2n) is 7.57. The molecule has 7 nitrogen and oxygen atoms in total. The van der Waals surface area contributed by atoms with Gasteiger partial charge in [-0.2, -0.15) is 0 Å². The molecule has 2 atom stereocenters. The summed E-state index contributed by atoms with van der Waals surface area (Å²) in [6.45, 7) is 4.78. The molecule has 9 heteroatoms. The lowest BCUT2D eigenvalue weighted by Gasteiger charge is -2.29. The molecule has 3 rings (SSSR count). The summed E-state index contributed by atoms with van der Waals surface area (Å²) in [6.07, 6.45) is 4.72. The number of amides is 2. The van der Waals surface area contributed by atoms with Crippen LogP contribution in [0.2, 0.25) is 5.02 Å². The summed E-state index contributed by atoms with van der Waals surface area (Å²) in [6, 6.07) is 7.35. The smallest absolute Gasteiger partial charge is 0.232 e. The molecule has 162 valence electrons. The predicted octanol–water partition coefficient (Wildman–Crippen LogP) is 3.92. The second-order valence-corrected chi connectivity index (χ2v) is 8.92. The van der Waals surface area contributed by atoms with E-state index in [1.54, 1.807) is 18.2 Å². The fourth-order valence-electron chi connectivity index (χ4n) is 3.68. The van der Waals surface area contributed by atoms with Gasteiger partial charge in [0.15, 0.2) is 5.16 Å². The van der Waals surface area contributed by atoms with Crippen LogP contribution in [-0.2, 0) is 22.6 Å². The van der Waals surface area contributed by atoms with E-state index in [9.17, 15) is 9.59 Å². The topological polar surface area (TPSA) is 88.9 Å². The van der Waals surface area contributed by atoms with Gasteiger partial charge in [0.25, 0.3) is 0 Å². The number of nitrogens with zero attached hydrogens (tertiary/aromatic N) is 3. The third-order valence-corrected chi connectivity index (χ3v) is 6.66. The molecule has 1 aliphatic carbocycles. The summed E-state index contributed by atoms with van der Waals surface area (Å²) in [4.78, 5) is 24.8. The third-order valence-electron chi connectivity index (χ3n) is 5.37. The van der Waals surface area contributed by atoms with Gasteiger partial charge in [-0.15, -0.1) is 10.2 Å². The molecule has 2 aromatic rings. The van der Waals surface area contributed by atoms with E-state index in [1.807, 2.05) is 17.6 Å². The van der Waals surface area contributed by atoms with Crippen molar-refractivity contribution >= 4 is 40.9 Å². The Hall–Kier alpha value is -2.06. The first-order chi connectivity index (χ1) is 14.5. The molecule has 2 unspecified atom stereocenters. The van der Waals surface area contributed by atoms with E-state index in [1.165, 1.54) is 31.0 Å². The molecule has 1 fully saturated rings. The quantitative estimate of drug-likeness (QED) is 0.596. The van der Waals surface area contributed by atoms with E-state index in [0.29, 0.717) is 34.2 Å². The van der Waals surface area contributed by atoms with Crippen molar-refractivity contribution in [1.29, 1.82) is 0 Å². The zero-order valence-electron chi connectivity index (χ0n) is 17.4. The minimum Gasteiger partial charge on any atom is -0.352 e. The van der Waals surface area contributed by atoms with Crippen LogP contribution in [0.3, 0.4) is 0 Å². The van der Waals surface area contributed by atoms with Crippen molar-refractivity contribution in [2.75, 3.05) is 11.1 Å². The maximum Gasteiger partial charge on any atom is 0.232 e. The van der Waals surface area contributed by atoms with Gasteiger partial charge in [-0.25, -0.2) is 0 Å². The number of hydrogen-bond acceptors (Lipinski definition) is 5. The van der Waals surface area contributed by atoms with Crippen molar-refractivity contribution < 1.29 is 9.59 Å². The lowest BCUT2D eigenvalue weighted by Crippen LogP contribution is -2.41. The summed E-state index contributed by atoms with van der Waals surface area (Å²) >= 11 is 7.44. The number of benzene rings is 1. The molecule has 0 radical (unpaired) electrons. The monoisotopic (exact) mass is 449 g/mol. The first kappa shape index (κ1) is 22.6. The number of aromatic nitrogens is 3. The molecular weight excluding hydrogens is 422 g/mol. The van der Waals surface area contributed by atoms with Crippen molar-refractivity contribution in [3.05, 3.63) is 35.1 Å².